The number of amides is 1. The first kappa shape index (κ1) is 14.4. The van der Waals surface area contributed by atoms with Crippen LogP contribution in [0.1, 0.15) is 52.4 Å². The molecular formula is C17H30N2O. The Balaban J connectivity index is 1.58. The van der Waals surface area contributed by atoms with E-state index >= 15 is 0 Å². The zero-order valence-corrected chi connectivity index (χ0v) is 13.3. The van der Waals surface area contributed by atoms with Gasteiger partial charge in [-0.15, -0.1) is 0 Å². The van der Waals surface area contributed by atoms with E-state index in [0.29, 0.717) is 18.0 Å². The zero-order chi connectivity index (χ0) is 14.3. The van der Waals surface area contributed by atoms with Crippen LogP contribution in [0.4, 0.5) is 0 Å². The van der Waals surface area contributed by atoms with E-state index in [9.17, 15) is 4.79 Å². The van der Waals surface area contributed by atoms with Gasteiger partial charge in [0.2, 0.25) is 5.91 Å². The molecule has 0 aromatic carbocycles. The number of carbonyl (C=O) groups excluding carboxylic acids is 1. The van der Waals surface area contributed by atoms with Gasteiger partial charge in [0.05, 0.1) is 6.54 Å². The molecule has 0 radical (unpaired) electrons. The topological polar surface area (TPSA) is 32.3 Å². The van der Waals surface area contributed by atoms with Crippen LogP contribution in [0.2, 0.25) is 0 Å². The molecule has 0 spiro atoms. The maximum Gasteiger partial charge on any atom is 0.236 e. The average Bonchev–Trinajstić information content (AvgIpc) is 2.33. The Morgan fingerprint density at radius 1 is 1.15 bits per heavy atom. The molecule has 0 atom stereocenters. The Morgan fingerprint density at radius 3 is 2.10 bits per heavy atom. The van der Waals surface area contributed by atoms with E-state index in [0.717, 1.165) is 24.3 Å². The van der Waals surface area contributed by atoms with Gasteiger partial charge in [-0.1, -0.05) is 13.8 Å². The fourth-order valence-electron chi connectivity index (χ4n) is 5.50. The second-order valence-corrected chi connectivity index (χ2v) is 8.20. The van der Waals surface area contributed by atoms with E-state index in [4.69, 9.17) is 0 Å². The maximum atomic E-state index is 12.2. The first-order valence-electron chi connectivity index (χ1n) is 8.43. The van der Waals surface area contributed by atoms with Crippen LogP contribution in [-0.2, 0) is 4.79 Å². The third kappa shape index (κ3) is 2.88. The molecule has 114 valence electrons. The van der Waals surface area contributed by atoms with Crippen molar-refractivity contribution in [2.45, 2.75) is 58.4 Å². The molecule has 4 fully saturated rings. The highest BCUT2D eigenvalue weighted by molar-refractivity contribution is 5.78. The fraction of sp³-hybridized carbons (Fsp3) is 0.941. The zero-order valence-electron chi connectivity index (χ0n) is 13.3. The molecule has 4 saturated carbocycles. The minimum absolute atomic E-state index is 0.259. The van der Waals surface area contributed by atoms with E-state index in [1.165, 1.54) is 38.5 Å². The molecular weight excluding hydrogens is 248 g/mol. The number of hydrogen-bond donors (Lipinski definition) is 1. The minimum atomic E-state index is 0.259. The van der Waals surface area contributed by atoms with Gasteiger partial charge < -0.3 is 10.2 Å². The van der Waals surface area contributed by atoms with Crippen LogP contribution in [0.5, 0.6) is 0 Å². The molecule has 0 aliphatic heterocycles. The molecule has 3 heteroatoms. The molecule has 0 aromatic heterocycles. The van der Waals surface area contributed by atoms with Crippen molar-refractivity contribution in [3.63, 3.8) is 0 Å². The predicted octanol–water partition coefficient (Wildman–Crippen LogP) is 2.66. The number of carbonyl (C=O) groups is 1. The summed E-state index contributed by atoms with van der Waals surface area (Å²) in [5, 5.41) is 3.24. The van der Waals surface area contributed by atoms with Crippen LogP contribution < -0.4 is 5.32 Å². The smallest absolute Gasteiger partial charge is 0.236 e. The van der Waals surface area contributed by atoms with Crippen molar-refractivity contribution < 1.29 is 4.79 Å². The van der Waals surface area contributed by atoms with Crippen LogP contribution in [0, 0.1) is 23.2 Å². The second-order valence-electron chi connectivity index (χ2n) is 8.20. The molecule has 3 nitrogen and oxygen atoms in total. The van der Waals surface area contributed by atoms with Crippen LogP contribution in [0.3, 0.4) is 0 Å². The third-order valence-corrected chi connectivity index (χ3v) is 5.82. The summed E-state index contributed by atoms with van der Waals surface area (Å²) < 4.78 is 0. The van der Waals surface area contributed by atoms with Gasteiger partial charge in [-0.2, -0.15) is 0 Å². The van der Waals surface area contributed by atoms with Gasteiger partial charge in [0.15, 0.2) is 0 Å². The van der Waals surface area contributed by atoms with Crippen molar-refractivity contribution in [2.24, 2.45) is 23.2 Å². The standard InChI is InChI=1S/C17H30N2O/c1-12(2)18-10-16(20)19(3)11-17-7-13-4-14(8-17)6-15(5-13)9-17/h12-15,18H,4-11H2,1-3H3. The van der Waals surface area contributed by atoms with Crippen LogP contribution in [0.15, 0.2) is 0 Å². The van der Waals surface area contributed by atoms with Gasteiger partial charge in [-0.25, -0.2) is 0 Å². The molecule has 4 aliphatic rings. The number of nitrogens with one attached hydrogen (secondary N) is 1. The van der Waals surface area contributed by atoms with Gasteiger partial charge in [0.1, 0.15) is 0 Å². The van der Waals surface area contributed by atoms with Crippen molar-refractivity contribution in [3.8, 4) is 0 Å². The third-order valence-electron chi connectivity index (χ3n) is 5.82. The molecule has 0 heterocycles. The SMILES string of the molecule is CC(C)NCC(=O)N(C)CC12CC3CC(CC(C3)C1)C2. The first-order valence-corrected chi connectivity index (χ1v) is 8.43. The van der Waals surface area contributed by atoms with E-state index in [1.807, 2.05) is 11.9 Å². The number of likely N-dealkylation sites (N-methyl/N-ethyl adjacent to an activating group) is 1. The van der Waals surface area contributed by atoms with Crippen molar-refractivity contribution >= 4 is 5.91 Å². The Labute approximate surface area is 123 Å². The largest absolute Gasteiger partial charge is 0.344 e. The van der Waals surface area contributed by atoms with Gasteiger partial charge in [0.25, 0.3) is 0 Å². The van der Waals surface area contributed by atoms with Crippen LogP contribution >= 0.6 is 0 Å². The number of rotatable bonds is 5. The van der Waals surface area contributed by atoms with Crippen molar-refractivity contribution in [3.05, 3.63) is 0 Å². The molecule has 0 unspecified atom stereocenters. The Morgan fingerprint density at radius 2 is 1.65 bits per heavy atom. The summed E-state index contributed by atoms with van der Waals surface area (Å²) in [7, 11) is 2.00. The lowest BCUT2D eigenvalue weighted by Crippen LogP contribution is -2.52. The highest BCUT2D eigenvalue weighted by Crippen LogP contribution is 2.60. The normalized spacial score (nSPS) is 38.5. The predicted molar refractivity (Wildman–Crippen MR) is 81.4 cm³/mol. The highest BCUT2D eigenvalue weighted by atomic mass is 16.2. The lowest BCUT2D eigenvalue weighted by Gasteiger charge is -2.57. The van der Waals surface area contributed by atoms with Crippen LogP contribution in [0.25, 0.3) is 0 Å². The lowest BCUT2D eigenvalue weighted by molar-refractivity contribution is -0.134. The Kier molecular flexibility index (Phi) is 3.83. The van der Waals surface area contributed by atoms with E-state index < -0.39 is 0 Å². The molecule has 20 heavy (non-hydrogen) atoms. The molecule has 4 bridgehead atoms. The quantitative estimate of drug-likeness (QED) is 0.838. The Hall–Kier alpha value is -0.570. The lowest BCUT2D eigenvalue weighted by atomic mass is 9.49. The molecule has 1 N–H and O–H groups in total. The average molecular weight is 278 g/mol. The molecule has 0 saturated heterocycles. The first-order chi connectivity index (χ1) is 9.46. The van der Waals surface area contributed by atoms with Gasteiger partial charge in [-0.05, 0) is 61.7 Å². The summed E-state index contributed by atoms with van der Waals surface area (Å²) in [4.78, 5) is 14.2. The minimum Gasteiger partial charge on any atom is -0.344 e. The van der Waals surface area contributed by atoms with E-state index in [2.05, 4.69) is 19.2 Å². The van der Waals surface area contributed by atoms with Gasteiger partial charge in [0, 0.05) is 19.6 Å². The summed E-state index contributed by atoms with van der Waals surface area (Å²) in [6.45, 7) is 5.66. The van der Waals surface area contributed by atoms with Gasteiger partial charge >= 0.3 is 0 Å². The monoisotopic (exact) mass is 278 g/mol. The summed E-state index contributed by atoms with van der Waals surface area (Å²) >= 11 is 0. The Bertz CT molecular complexity index is 342. The van der Waals surface area contributed by atoms with E-state index in [-0.39, 0.29) is 5.91 Å². The molecule has 4 aliphatic carbocycles. The molecule has 4 rings (SSSR count). The summed E-state index contributed by atoms with van der Waals surface area (Å²) in [5.41, 5.74) is 0.469. The molecule has 0 aromatic rings. The summed E-state index contributed by atoms with van der Waals surface area (Å²) in [6.07, 6.45) is 8.58. The summed E-state index contributed by atoms with van der Waals surface area (Å²) in [6, 6.07) is 0.381. The van der Waals surface area contributed by atoms with Crippen molar-refractivity contribution in [1.29, 1.82) is 0 Å². The molecule has 1 amide bonds. The van der Waals surface area contributed by atoms with Gasteiger partial charge in [-0.3, -0.25) is 4.79 Å². The summed E-state index contributed by atoms with van der Waals surface area (Å²) in [5.74, 6) is 3.17. The number of hydrogen-bond acceptors (Lipinski definition) is 2. The maximum absolute atomic E-state index is 12.2. The second kappa shape index (κ2) is 5.32. The van der Waals surface area contributed by atoms with Crippen LogP contribution in [-0.4, -0.2) is 37.0 Å². The number of nitrogens with zero attached hydrogens (tertiary/aromatic N) is 1. The van der Waals surface area contributed by atoms with E-state index in [1.54, 1.807) is 0 Å². The van der Waals surface area contributed by atoms with Crippen molar-refractivity contribution in [2.75, 3.05) is 20.1 Å². The van der Waals surface area contributed by atoms with Crippen molar-refractivity contribution in [1.82, 2.24) is 10.2 Å². The fourth-order valence-corrected chi connectivity index (χ4v) is 5.50. The highest BCUT2D eigenvalue weighted by Gasteiger charge is 2.51.